The molecule has 0 unspecified atom stereocenters. The van der Waals surface area contributed by atoms with Gasteiger partial charge in [0.05, 0.1) is 13.2 Å². The van der Waals surface area contributed by atoms with Gasteiger partial charge in [0.15, 0.2) is 5.96 Å². The number of hydrogen-bond donors (Lipinski definition) is 11. The molecular weight excluding hydrogens is 614 g/mol. The van der Waals surface area contributed by atoms with Gasteiger partial charge in [-0.25, -0.2) is 0 Å². The Hall–Kier alpha value is -4.03. The third-order valence-electron chi connectivity index (χ3n) is 7.29. The largest absolute Gasteiger partial charge is 0.394 e. The Labute approximate surface area is 276 Å². The van der Waals surface area contributed by atoms with Crippen LogP contribution in [0.5, 0.6) is 0 Å². The van der Waals surface area contributed by atoms with E-state index in [9.17, 15) is 33.9 Å². The molecule has 0 rings (SSSR count). The molecule has 0 saturated heterocycles. The normalized spacial score (nSPS) is 14.8. The molecule has 16 N–H and O–H groups in total. The number of amides is 6. The molecule has 0 spiro atoms. The molecule has 6 atom stereocenters. The first-order chi connectivity index (χ1) is 22.1. The fourth-order valence-corrected chi connectivity index (χ4v) is 4.37. The number of aliphatic hydroxyl groups excluding tert-OH is 1. The third kappa shape index (κ3) is 18.0. The van der Waals surface area contributed by atoms with Crippen LogP contribution in [0, 0.1) is 11.8 Å². The second kappa shape index (κ2) is 23.3. The maximum atomic E-state index is 13.2. The fraction of sp³-hybridized carbons (Fsp3) is 0.759. The number of aliphatic hydroxyl groups is 1. The molecule has 0 aromatic heterocycles. The summed E-state index contributed by atoms with van der Waals surface area (Å²) in [5.74, 6) is -4.63. The van der Waals surface area contributed by atoms with E-state index >= 15 is 0 Å². The monoisotopic (exact) mass is 671 g/mol. The van der Waals surface area contributed by atoms with Crippen molar-refractivity contribution in [2.45, 2.75) is 103 Å². The average molecular weight is 672 g/mol. The molecule has 0 saturated carbocycles. The van der Waals surface area contributed by atoms with Gasteiger partial charge in [-0.2, -0.15) is 0 Å². The summed E-state index contributed by atoms with van der Waals surface area (Å²) in [6.07, 6.45) is 2.57. The van der Waals surface area contributed by atoms with Crippen molar-refractivity contribution in [2.75, 3.05) is 26.2 Å². The lowest BCUT2D eigenvalue weighted by molar-refractivity contribution is -0.134. The van der Waals surface area contributed by atoms with Crippen molar-refractivity contribution in [2.24, 2.45) is 45.5 Å². The highest BCUT2D eigenvalue weighted by atomic mass is 16.3. The van der Waals surface area contributed by atoms with Crippen molar-refractivity contribution in [3.8, 4) is 0 Å². The standard InChI is InChI=1S/C29H57N11O7/c1-5-17(4)23(40-27(46)21(13-16(2)3)39-25(44)18(31)15-41)28(47)36-14-22(42)37-20(10-8-12-35-29(33)34)26(45)38-19(24(32)43)9-6-7-11-30/h16-21,23,41H,5-15,30-31H2,1-4H3,(H2,32,43)(H,36,47)(H,37,42)(H,38,45)(H,39,44)(H,40,46)(H4,33,34,35)/t17-,18-,19-,20-,21-,23-/m0/s1. The van der Waals surface area contributed by atoms with E-state index in [1.165, 1.54) is 0 Å². The van der Waals surface area contributed by atoms with Gasteiger partial charge in [-0.3, -0.25) is 33.8 Å². The minimum absolute atomic E-state index is 0.00947. The van der Waals surface area contributed by atoms with Gasteiger partial charge in [0.2, 0.25) is 35.4 Å². The quantitative estimate of drug-likeness (QED) is 0.0268. The first-order valence-electron chi connectivity index (χ1n) is 16.0. The van der Waals surface area contributed by atoms with E-state index < -0.39 is 78.8 Å². The van der Waals surface area contributed by atoms with Crippen LogP contribution in [-0.2, 0) is 28.8 Å². The number of carbonyl (C=O) groups excluding carboxylic acids is 6. The molecule has 0 aliphatic heterocycles. The summed E-state index contributed by atoms with van der Waals surface area (Å²) in [6.45, 7) is 6.69. The van der Waals surface area contributed by atoms with Gasteiger partial charge in [-0.1, -0.05) is 34.1 Å². The summed E-state index contributed by atoms with van der Waals surface area (Å²) >= 11 is 0. The molecule has 0 heterocycles. The number of aliphatic imine (C=N–C) groups is 1. The number of carbonyl (C=O) groups is 6. The predicted octanol–water partition coefficient (Wildman–Crippen LogP) is -3.88. The lowest BCUT2D eigenvalue weighted by Crippen LogP contribution is -2.58. The molecule has 18 nitrogen and oxygen atoms in total. The third-order valence-corrected chi connectivity index (χ3v) is 7.29. The Balaban J connectivity index is 5.65. The Bertz CT molecular complexity index is 1050. The van der Waals surface area contributed by atoms with Crippen molar-refractivity contribution in [1.82, 2.24) is 26.6 Å². The summed E-state index contributed by atoms with van der Waals surface area (Å²) in [6, 6.07) is -5.41. The minimum atomic E-state index is -1.22. The van der Waals surface area contributed by atoms with Crippen LogP contribution in [0.1, 0.15) is 72.6 Å². The van der Waals surface area contributed by atoms with Crippen molar-refractivity contribution in [3.63, 3.8) is 0 Å². The number of unbranched alkanes of at least 4 members (excludes halogenated alkanes) is 1. The first-order valence-corrected chi connectivity index (χ1v) is 16.0. The minimum Gasteiger partial charge on any atom is -0.394 e. The zero-order valence-corrected chi connectivity index (χ0v) is 28.1. The van der Waals surface area contributed by atoms with Crippen molar-refractivity contribution in [1.29, 1.82) is 0 Å². The van der Waals surface area contributed by atoms with E-state index in [0.29, 0.717) is 32.2 Å². The topological polar surface area (TPSA) is 325 Å². The van der Waals surface area contributed by atoms with Crippen LogP contribution in [0.4, 0.5) is 0 Å². The van der Waals surface area contributed by atoms with Crippen molar-refractivity contribution < 1.29 is 33.9 Å². The highest BCUT2D eigenvalue weighted by Gasteiger charge is 2.32. The highest BCUT2D eigenvalue weighted by Crippen LogP contribution is 2.11. The fourth-order valence-electron chi connectivity index (χ4n) is 4.37. The number of nitrogens with two attached hydrogens (primary N) is 5. The van der Waals surface area contributed by atoms with Gasteiger partial charge >= 0.3 is 0 Å². The van der Waals surface area contributed by atoms with Gasteiger partial charge < -0.3 is 60.4 Å². The predicted molar refractivity (Wildman–Crippen MR) is 177 cm³/mol. The smallest absolute Gasteiger partial charge is 0.243 e. The molecule has 47 heavy (non-hydrogen) atoms. The Morgan fingerprint density at radius 1 is 0.766 bits per heavy atom. The van der Waals surface area contributed by atoms with Gasteiger partial charge in [-0.05, 0) is 56.9 Å². The molecule has 0 aromatic carbocycles. The zero-order chi connectivity index (χ0) is 36.1. The Morgan fingerprint density at radius 2 is 1.36 bits per heavy atom. The van der Waals surface area contributed by atoms with Crippen LogP contribution < -0.4 is 55.3 Å². The number of hydrogen-bond acceptors (Lipinski definition) is 10. The van der Waals surface area contributed by atoms with Gasteiger partial charge in [0.1, 0.15) is 30.2 Å². The SMILES string of the molecule is CC[C@H](C)[C@H](NC(=O)[C@H](CC(C)C)NC(=O)[C@@H](N)CO)C(=O)NCC(=O)N[C@@H](CCCN=C(N)N)C(=O)N[C@@H](CCCCN)C(N)=O. The van der Waals surface area contributed by atoms with Crippen LogP contribution in [0.2, 0.25) is 0 Å². The Morgan fingerprint density at radius 3 is 1.89 bits per heavy atom. The van der Waals surface area contributed by atoms with E-state index in [1.807, 2.05) is 20.8 Å². The molecule has 0 aliphatic carbocycles. The van der Waals surface area contributed by atoms with Crippen LogP contribution in [0.15, 0.2) is 4.99 Å². The molecule has 0 aromatic rings. The maximum absolute atomic E-state index is 13.2. The second-order valence-electron chi connectivity index (χ2n) is 11.9. The molecule has 0 fully saturated rings. The summed E-state index contributed by atoms with van der Waals surface area (Å²) in [7, 11) is 0. The number of primary amides is 1. The number of nitrogens with one attached hydrogen (secondary N) is 5. The molecule has 0 bridgehead atoms. The van der Waals surface area contributed by atoms with Crippen molar-refractivity contribution >= 4 is 41.4 Å². The summed E-state index contributed by atoms with van der Waals surface area (Å²) in [4.78, 5) is 80.5. The highest BCUT2D eigenvalue weighted by molar-refractivity contribution is 5.95. The summed E-state index contributed by atoms with van der Waals surface area (Å²) < 4.78 is 0. The van der Waals surface area contributed by atoms with Gasteiger partial charge in [0.25, 0.3) is 0 Å². The molecule has 0 aliphatic rings. The van der Waals surface area contributed by atoms with Crippen LogP contribution in [0.3, 0.4) is 0 Å². The maximum Gasteiger partial charge on any atom is 0.243 e. The molecule has 6 amide bonds. The number of nitrogens with zero attached hydrogens (tertiary/aromatic N) is 1. The van der Waals surface area contributed by atoms with Crippen LogP contribution in [-0.4, -0.2) is 103 Å². The Kier molecular flexibility index (Phi) is 21.3. The molecule has 270 valence electrons. The van der Waals surface area contributed by atoms with Crippen LogP contribution >= 0.6 is 0 Å². The van der Waals surface area contributed by atoms with Gasteiger partial charge in [0, 0.05) is 6.54 Å². The lowest BCUT2D eigenvalue weighted by atomic mass is 9.96. The summed E-state index contributed by atoms with van der Waals surface area (Å²) in [5.41, 5.74) is 27.3. The van der Waals surface area contributed by atoms with E-state index in [0.717, 1.165) is 0 Å². The lowest BCUT2D eigenvalue weighted by Gasteiger charge is -2.27. The van der Waals surface area contributed by atoms with E-state index in [2.05, 4.69) is 31.6 Å². The number of rotatable bonds is 24. The summed E-state index contributed by atoms with van der Waals surface area (Å²) in [5, 5.41) is 22.0. The van der Waals surface area contributed by atoms with Crippen LogP contribution in [0.25, 0.3) is 0 Å². The second-order valence-corrected chi connectivity index (χ2v) is 11.9. The molecule has 18 heteroatoms. The molecular formula is C29H57N11O7. The van der Waals surface area contributed by atoms with E-state index in [4.69, 9.17) is 28.7 Å². The zero-order valence-electron chi connectivity index (χ0n) is 28.1. The van der Waals surface area contributed by atoms with E-state index in [1.54, 1.807) is 6.92 Å². The molecule has 0 radical (unpaired) electrons. The van der Waals surface area contributed by atoms with E-state index in [-0.39, 0.29) is 43.6 Å². The average Bonchev–Trinajstić information content (AvgIpc) is 3.01. The van der Waals surface area contributed by atoms with Gasteiger partial charge in [-0.15, -0.1) is 0 Å². The first kappa shape index (κ1) is 43.0. The van der Waals surface area contributed by atoms with Crippen molar-refractivity contribution in [3.05, 3.63) is 0 Å². The number of guanidine groups is 1.